The summed E-state index contributed by atoms with van der Waals surface area (Å²) in [5, 5.41) is 0. The van der Waals surface area contributed by atoms with Crippen molar-refractivity contribution in [1.29, 1.82) is 0 Å². The van der Waals surface area contributed by atoms with E-state index in [0.29, 0.717) is 33.0 Å². The third-order valence-corrected chi connectivity index (χ3v) is 9.31. The molecule has 0 aliphatic carbocycles. The SMILES string of the molecule is c1ccc(COCC2O[C@@H](SCc3ccccc3)C(OCc3ccccc3)[C@H](OCc3ccccc3)[C@H]2OCc2ccccc2)cc1. The molecule has 5 aromatic rings. The van der Waals surface area contributed by atoms with Gasteiger partial charge in [0.2, 0.25) is 0 Å². The molecular weight excluding hydrogens is 605 g/mol. The van der Waals surface area contributed by atoms with Crippen molar-refractivity contribution in [3.63, 3.8) is 0 Å². The van der Waals surface area contributed by atoms with Crippen molar-refractivity contribution in [2.75, 3.05) is 6.61 Å². The maximum Gasteiger partial charge on any atom is 0.133 e. The second-order valence-electron chi connectivity index (χ2n) is 11.6. The molecule has 6 heteroatoms. The summed E-state index contributed by atoms with van der Waals surface area (Å²) in [6, 6.07) is 51.4. The van der Waals surface area contributed by atoms with E-state index in [1.807, 2.05) is 78.9 Å². The third kappa shape index (κ3) is 10.1. The molecular formula is C41H42O5S. The predicted octanol–water partition coefficient (Wildman–Crippen LogP) is 8.62. The van der Waals surface area contributed by atoms with Crippen LogP contribution in [-0.2, 0) is 55.9 Å². The van der Waals surface area contributed by atoms with Gasteiger partial charge in [-0.25, -0.2) is 0 Å². The van der Waals surface area contributed by atoms with Gasteiger partial charge >= 0.3 is 0 Å². The Balaban J connectivity index is 1.29. The van der Waals surface area contributed by atoms with Crippen LogP contribution in [0.15, 0.2) is 152 Å². The Hall–Kier alpha value is -3.75. The Morgan fingerprint density at radius 2 is 0.809 bits per heavy atom. The Labute approximate surface area is 282 Å². The summed E-state index contributed by atoms with van der Waals surface area (Å²) in [4.78, 5) is 0. The zero-order valence-electron chi connectivity index (χ0n) is 26.5. The molecule has 1 fully saturated rings. The van der Waals surface area contributed by atoms with Crippen LogP contribution in [0.3, 0.4) is 0 Å². The fourth-order valence-corrected chi connectivity index (χ4v) is 6.83. The van der Waals surface area contributed by atoms with Crippen molar-refractivity contribution in [3.8, 4) is 0 Å². The minimum absolute atomic E-state index is 0.318. The van der Waals surface area contributed by atoms with E-state index >= 15 is 0 Å². The van der Waals surface area contributed by atoms with Gasteiger partial charge in [0.05, 0.1) is 33.0 Å². The number of hydrogen-bond acceptors (Lipinski definition) is 6. The van der Waals surface area contributed by atoms with Crippen LogP contribution >= 0.6 is 11.8 Å². The summed E-state index contributed by atoms with van der Waals surface area (Å²) in [5.74, 6) is 0.773. The van der Waals surface area contributed by atoms with E-state index in [9.17, 15) is 0 Å². The molecule has 1 heterocycles. The van der Waals surface area contributed by atoms with Gasteiger partial charge in [-0.3, -0.25) is 0 Å². The van der Waals surface area contributed by atoms with Gasteiger partial charge in [0.25, 0.3) is 0 Å². The van der Waals surface area contributed by atoms with Crippen LogP contribution < -0.4 is 0 Å². The van der Waals surface area contributed by atoms with E-state index < -0.39 is 18.3 Å². The van der Waals surface area contributed by atoms with Crippen molar-refractivity contribution in [2.24, 2.45) is 0 Å². The zero-order chi connectivity index (χ0) is 31.9. The van der Waals surface area contributed by atoms with Crippen molar-refractivity contribution >= 4 is 11.8 Å². The predicted molar refractivity (Wildman–Crippen MR) is 188 cm³/mol. The molecule has 0 spiro atoms. The lowest BCUT2D eigenvalue weighted by atomic mass is 9.98. The molecule has 242 valence electrons. The zero-order valence-corrected chi connectivity index (χ0v) is 27.3. The van der Waals surface area contributed by atoms with E-state index in [0.717, 1.165) is 28.0 Å². The molecule has 0 amide bonds. The van der Waals surface area contributed by atoms with Gasteiger partial charge in [0, 0.05) is 5.75 Å². The summed E-state index contributed by atoms with van der Waals surface area (Å²) in [6.45, 7) is 2.12. The van der Waals surface area contributed by atoms with Crippen LogP contribution in [0.4, 0.5) is 0 Å². The first-order valence-corrected chi connectivity index (χ1v) is 17.3. The Kier molecular flexibility index (Phi) is 12.7. The Morgan fingerprint density at radius 1 is 0.426 bits per heavy atom. The highest BCUT2D eigenvalue weighted by Gasteiger charge is 2.48. The van der Waals surface area contributed by atoms with Crippen molar-refractivity contribution < 1.29 is 23.7 Å². The van der Waals surface area contributed by atoms with E-state index in [1.165, 1.54) is 5.56 Å². The van der Waals surface area contributed by atoms with Gasteiger partial charge in [-0.2, -0.15) is 0 Å². The molecule has 5 atom stereocenters. The number of ether oxygens (including phenoxy) is 5. The van der Waals surface area contributed by atoms with Gasteiger partial charge < -0.3 is 23.7 Å². The monoisotopic (exact) mass is 646 g/mol. The molecule has 5 aromatic carbocycles. The lowest BCUT2D eigenvalue weighted by Crippen LogP contribution is -2.60. The summed E-state index contributed by atoms with van der Waals surface area (Å²) in [6.07, 6.45) is -1.65. The van der Waals surface area contributed by atoms with Crippen LogP contribution in [0, 0.1) is 0 Å². The minimum Gasteiger partial charge on any atom is -0.374 e. The molecule has 0 aromatic heterocycles. The fourth-order valence-electron chi connectivity index (χ4n) is 5.63. The molecule has 47 heavy (non-hydrogen) atoms. The summed E-state index contributed by atoms with van der Waals surface area (Å²) < 4.78 is 33.6. The summed E-state index contributed by atoms with van der Waals surface area (Å²) in [5.41, 5.74) is 5.29. The second-order valence-corrected chi connectivity index (χ2v) is 12.7. The van der Waals surface area contributed by atoms with Gasteiger partial charge in [0.1, 0.15) is 29.9 Å². The molecule has 0 N–H and O–H groups in total. The molecule has 1 aliphatic heterocycles. The van der Waals surface area contributed by atoms with Gasteiger partial charge in [-0.15, -0.1) is 11.8 Å². The van der Waals surface area contributed by atoms with Crippen LogP contribution in [0.2, 0.25) is 0 Å². The first kappa shape index (κ1) is 33.2. The molecule has 0 radical (unpaired) electrons. The lowest BCUT2D eigenvalue weighted by Gasteiger charge is -2.46. The molecule has 2 unspecified atom stereocenters. The largest absolute Gasteiger partial charge is 0.374 e. The molecule has 5 nitrogen and oxygen atoms in total. The van der Waals surface area contributed by atoms with E-state index in [1.54, 1.807) is 11.8 Å². The van der Waals surface area contributed by atoms with E-state index in [4.69, 9.17) is 23.7 Å². The highest BCUT2D eigenvalue weighted by molar-refractivity contribution is 7.99. The molecule has 1 saturated heterocycles. The summed E-state index contributed by atoms with van der Waals surface area (Å²) >= 11 is 1.73. The Bertz CT molecular complexity index is 1560. The smallest absolute Gasteiger partial charge is 0.133 e. The average Bonchev–Trinajstić information content (AvgIpc) is 3.14. The number of benzene rings is 5. The fraction of sp³-hybridized carbons (Fsp3) is 0.268. The lowest BCUT2D eigenvalue weighted by molar-refractivity contribution is -0.254. The minimum atomic E-state index is -0.441. The van der Waals surface area contributed by atoms with Crippen LogP contribution in [-0.4, -0.2) is 36.5 Å². The number of hydrogen-bond donors (Lipinski definition) is 0. The highest BCUT2D eigenvalue weighted by Crippen LogP contribution is 2.36. The summed E-state index contributed by atoms with van der Waals surface area (Å²) in [7, 11) is 0. The first-order valence-electron chi connectivity index (χ1n) is 16.2. The maximum atomic E-state index is 6.94. The normalized spacial score (nSPS) is 21.0. The standard InChI is InChI=1S/C41H42O5S/c1-6-16-32(17-7-1)26-42-30-37-38(43-27-33-18-8-2-9-19-33)39(44-28-34-20-10-3-11-21-34)40(45-29-35-22-12-4-13-23-35)41(46-37)47-31-36-24-14-5-15-25-36/h1-25,37-41H,26-31H2/t37?,38-,39+,40?,41-/m0/s1. The van der Waals surface area contributed by atoms with Gasteiger partial charge in [0.15, 0.2) is 0 Å². The van der Waals surface area contributed by atoms with E-state index in [2.05, 4.69) is 72.8 Å². The van der Waals surface area contributed by atoms with Crippen LogP contribution in [0.25, 0.3) is 0 Å². The third-order valence-electron chi connectivity index (χ3n) is 8.10. The molecule has 1 aliphatic rings. The quantitative estimate of drug-likeness (QED) is 0.107. The van der Waals surface area contributed by atoms with E-state index in [-0.39, 0.29) is 11.5 Å². The molecule has 0 bridgehead atoms. The molecule has 6 rings (SSSR count). The van der Waals surface area contributed by atoms with Crippen molar-refractivity contribution in [2.45, 2.75) is 62.0 Å². The van der Waals surface area contributed by atoms with Crippen molar-refractivity contribution in [3.05, 3.63) is 179 Å². The van der Waals surface area contributed by atoms with Gasteiger partial charge in [-0.1, -0.05) is 152 Å². The number of thioether (sulfide) groups is 1. The Morgan fingerprint density at radius 3 is 1.28 bits per heavy atom. The van der Waals surface area contributed by atoms with Crippen LogP contribution in [0.1, 0.15) is 27.8 Å². The van der Waals surface area contributed by atoms with Crippen LogP contribution in [0.5, 0.6) is 0 Å². The second kappa shape index (κ2) is 18.0. The van der Waals surface area contributed by atoms with Crippen molar-refractivity contribution in [1.82, 2.24) is 0 Å². The van der Waals surface area contributed by atoms with Gasteiger partial charge in [-0.05, 0) is 27.8 Å². The number of rotatable bonds is 16. The highest BCUT2D eigenvalue weighted by atomic mass is 32.2. The average molecular weight is 647 g/mol. The molecule has 0 saturated carbocycles. The first-order chi connectivity index (χ1) is 23.3. The topological polar surface area (TPSA) is 46.2 Å². The maximum absolute atomic E-state index is 6.94.